The number of esters is 2. The van der Waals surface area contributed by atoms with Gasteiger partial charge in [-0.2, -0.15) is 0 Å². The van der Waals surface area contributed by atoms with Gasteiger partial charge in [-0.1, -0.05) is 118 Å². The molecule has 0 aliphatic heterocycles. The largest absolute Gasteiger partial charge is 0.466 e. The number of aliphatic hydroxyl groups excluding tert-OH is 1. The molecule has 0 saturated carbocycles. The Kier molecular flexibility index (Phi) is 45.7. The lowest BCUT2D eigenvalue weighted by atomic mass is 10.1. The first kappa shape index (κ1) is 56.7. The third-order valence-corrected chi connectivity index (χ3v) is 10.5. The zero-order valence-electron chi connectivity index (χ0n) is 38.6. The number of carbonyl (C=O) groups excluding carboxylic acids is 2. The Balaban J connectivity index is 4.03. The van der Waals surface area contributed by atoms with Gasteiger partial charge < -0.3 is 38.4 Å². The Morgan fingerprint density at radius 3 is 1.10 bits per heavy atom. The van der Waals surface area contributed by atoms with Crippen molar-refractivity contribution in [3.8, 4) is 0 Å². The van der Waals surface area contributed by atoms with Crippen LogP contribution in [0, 0.1) is 0 Å². The van der Waals surface area contributed by atoms with Gasteiger partial charge in [0.1, 0.15) is 0 Å². The molecule has 0 spiro atoms. The summed E-state index contributed by atoms with van der Waals surface area (Å²) < 4.78 is 35.2. The molecule has 346 valence electrons. The second-order valence-corrected chi connectivity index (χ2v) is 16.2. The van der Waals surface area contributed by atoms with Crippen LogP contribution in [0.4, 0.5) is 0 Å². The fourth-order valence-corrected chi connectivity index (χ4v) is 6.79. The summed E-state index contributed by atoms with van der Waals surface area (Å²) in [6.07, 6.45) is 30.2. The number of ether oxygens (including phenoxy) is 6. The van der Waals surface area contributed by atoms with Crippen LogP contribution < -0.4 is 0 Å². The number of carbonyl (C=O) groups is 2. The fraction of sp³-hybridized carbons (Fsp3) is 0.958. The lowest BCUT2D eigenvalue weighted by Gasteiger charge is -2.21. The van der Waals surface area contributed by atoms with E-state index >= 15 is 0 Å². The fourth-order valence-electron chi connectivity index (χ4n) is 6.79. The van der Waals surface area contributed by atoms with Crippen LogP contribution in [0.3, 0.4) is 0 Å². The van der Waals surface area contributed by atoms with Gasteiger partial charge in [0.25, 0.3) is 0 Å². The Hall–Kier alpha value is -1.30. The second-order valence-electron chi connectivity index (χ2n) is 16.2. The van der Waals surface area contributed by atoms with Crippen molar-refractivity contribution in [3.63, 3.8) is 0 Å². The van der Waals surface area contributed by atoms with Crippen LogP contribution in [0.5, 0.6) is 0 Å². The first-order valence-electron chi connectivity index (χ1n) is 24.6. The van der Waals surface area contributed by atoms with Crippen molar-refractivity contribution < 1.29 is 43.1 Å². The average Bonchev–Trinajstić information content (AvgIpc) is 3.22. The molecule has 58 heavy (non-hydrogen) atoms. The van der Waals surface area contributed by atoms with E-state index in [-0.39, 0.29) is 31.1 Å². The molecule has 0 aromatic rings. The Labute approximate surface area is 357 Å². The van der Waals surface area contributed by atoms with Crippen LogP contribution in [0.15, 0.2) is 0 Å². The van der Waals surface area contributed by atoms with E-state index in [1.165, 1.54) is 77.0 Å². The second kappa shape index (κ2) is 46.8. The average molecular weight is 830 g/mol. The Morgan fingerprint density at radius 1 is 0.397 bits per heavy atom. The van der Waals surface area contributed by atoms with Gasteiger partial charge in [0.05, 0.1) is 19.8 Å². The molecule has 0 amide bonds. The summed E-state index contributed by atoms with van der Waals surface area (Å²) in [6, 6.07) is 0. The first-order valence-corrected chi connectivity index (χ1v) is 24.6. The van der Waals surface area contributed by atoms with Gasteiger partial charge in [0.2, 0.25) is 0 Å². The van der Waals surface area contributed by atoms with Crippen LogP contribution in [0.1, 0.15) is 220 Å². The third kappa shape index (κ3) is 41.4. The summed E-state index contributed by atoms with van der Waals surface area (Å²) in [6.45, 7) is 15.4. The summed E-state index contributed by atoms with van der Waals surface area (Å²) >= 11 is 0. The molecule has 0 fully saturated rings. The van der Waals surface area contributed by atoms with Crippen molar-refractivity contribution in [2.24, 2.45) is 0 Å². The van der Waals surface area contributed by atoms with E-state index in [2.05, 4.69) is 32.6 Å². The lowest BCUT2D eigenvalue weighted by Crippen LogP contribution is -2.29. The number of aliphatic hydroxyl groups is 1. The molecule has 0 aromatic carbocycles. The van der Waals surface area contributed by atoms with Crippen molar-refractivity contribution >= 4 is 11.9 Å². The number of unbranched alkanes of at least 4 members (excludes halogenated alkanes) is 18. The highest BCUT2D eigenvalue weighted by Crippen LogP contribution is 2.14. The maximum Gasteiger partial charge on any atom is 0.305 e. The van der Waals surface area contributed by atoms with Crippen LogP contribution in [0.25, 0.3) is 0 Å². The Morgan fingerprint density at radius 2 is 0.724 bits per heavy atom. The van der Waals surface area contributed by atoms with Gasteiger partial charge in [0, 0.05) is 45.8 Å². The van der Waals surface area contributed by atoms with E-state index in [0.717, 1.165) is 142 Å². The molecule has 0 aromatic heterocycles. The maximum atomic E-state index is 12.3. The number of hydrogen-bond donors (Lipinski definition) is 1. The molecule has 0 bridgehead atoms. The van der Waals surface area contributed by atoms with Gasteiger partial charge >= 0.3 is 11.9 Å². The lowest BCUT2D eigenvalue weighted by molar-refractivity contribution is -0.149. The highest BCUT2D eigenvalue weighted by Gasteiger charge is 2.13. The highest BCUT2D eigenvalue weighted by molar-refractivity contribution is 5.69. The van der Waals surface area contributed by atoms with Crippen LogP contribution in [0.2, 0.25) is 0 Å². The van der Waals surface area contributed by atoms with E-state index in [9.17, 15) is 14.7 Å². The molecule has 0 unspecified atom stereocenters. The van der Waals surface area contributed by atoms with Gasteiger partial charge in [-0.3, -0.25) is 9.59 Å². The minimum absolute atomic E-state index is 0.113. The quantitative estimate of drug-likeness (QED) is 0.0361. The monoisotopic (exact) mass is 830 g/mol. The molecular formula is C48H95NO9. The minimum Gasteiger partial charge on any atom is -0.466 e. The molecular weight excluding hydrogens is 735 g/mol. The summed E-state index contributed by atoms with van der Waals surface area (Å²) in [5, 5.41) is 9.56. The molecule has 0 radical (unpaired) electrons. The highest BCUT2D eigenvalue weighted by atomic mass is 16.7. The van der Waals surface area contributed by atoms with Gasteiger partial charge in [-0.25, -0.2) is 0 Å². The van der Waals surface area contributed by atoms with E-state index in [1.54, 1.807) is 0 Å². The molecule has 0 saturated heterocycles. The number of nitrogens with zero attached hydrogens (tertiary/aromatic N) is 1. The molecule has 1 N–H and O–H groups in total. The summed E-state index contributed by atoms with van der Waals surface area (Å²) in [4.78, 5) is 26.9. The summed E-state index contributed by atoms with van der Waals surface area (Å²) in [7, 11) is 0. The molecule has 0 heterocycles. The zero-order chi connectivity index (χ0) is 42.4. The third-order valence-electron chi connectivity index (χ3n) is 10.5. The van der Waals surface area contributed by atoms with E-state index in [0.29, 0.717) is 32.6 Å². The topological polar surface area (TPSA) is 113 Å². The van der Waals surface area contributed by atoms with Gasteiger partial charge in [0.15, 0.2) is 12.6 Å². The summed E-state index contributed by atoms with van der Waals surface area (Å²) in [5.41, 5.74) is 0. The first-order chi connectivity index (χ1) is 28.5. The van der Waals surface area contributed by atoms with Crippen LogP contribution >= 0.6 is 0 Å². The minimum atomic E-state index is -0.174. The van der Waals surface area contributed by atoms with Crippen molar-refractivity contribution in [1.29, 1.82) is 0 Å². The standard InChI is InChI=1S/C48H95NO9/c1-5-9-13-25-41-55-47(56-42-26-14-10-6-2)33-21-19-31-45(51)53-39-29-18-17-23-35-49(37-38-50)36-24-30-40-54-46(52)32-20-22-34-48(57-43-27-15-11-7-3)58-44-28-16-12-8-4/h47-48,50H,5-44H2,1-4H3. The predicted octanol–water partition coefficient (Wildman–Crippen LogP) is 11.9. The molecule has 0 rings (SSSR count). The normalized spacial score (nSPS) is 11.7. The van der Waals surface area contributed by atoms with Gasteiger partial charge in [-0.15, -0.1) is 0 Å². The Bertz CT molecular complexity index is 820. The molecule has 10 heteroatoms. The van der Waals surface area contributed by atoms with E-state index in [1.807, 2.05) is 0 Å². The smallest absolute Gasteiger partial charge is 0.305 e. The van der Waals surface area contributed by atoms with Crippen LogP contribution in [-0.4, -0.2) is 100 Å². The van der Waals surface area contributed by atoms with Crippen molar-refractivity contribution in [2.45, 2.75) is 233 Å². The van der Waals surface area contributed by atoms with Crippen molar-refractivity contribution in [3.05, 3.63) is 0 Å². The van der Waals surface area contributed by atoms with Crippen molar-refractivity contribution in [1.82, 2.24) is 4.90 Å². The van der Waals surface area contributed by atoms with Gasteiger partial charge in [-0.05, 0) is 103 Å². The zero-order valence-corrected chi connectivity index (χ0v) is 38.6. The molecule has 0 atom stereocenters. The summed E-state index contributed by atoms with van der Waals surface area (Å²) in [5.74, 6) is -0.241. The number of hydrogen-bond acceptors (Lipinski definition) is 10. The van der Waals surface area contributed by atoms with E-state index < -0.39 is 0 Å². The molecule has 10 nitrogen and oxygen atoms in total. The number of rotatable bonds is 48. The molecule has 0 aliphatic rings. The van der Waals surface area contributed by atoms with E-state index in [4.69, 9.17) is 28.4 Å². The SMILES string of the molecule is CCCCCCOC(CCCCC(=O)OCCCCCCN(CCO)CCCCOC(=O)CCCCC(OCCCCCC)OCCCCCC)OCCCCCC. The molecule has 0 aliphatic carbocycles. The predicted molar refractivity (Wildman–Crippen MR) is 238 cm³/mol. The van der Waals surface area contributed by atoms with Crippen molar-refractivity contribution in [2.75, 3.05) is 65.9 Å². The maximum absolute atomic E-state index is 12.3. The van der Waals surface area contributed by atoms with Crippen LogP contribution in [-0.2, 0) is 38.0 Å².